The fourth-order valence-corrected chi connectivity index (χ4v) is 4.50. The van der Waals surface area contributed by atoms with Crippen LogP contribution in [-0.2, 0) is 0 Å². The zero-order valence-corrected chi connectivity index (χ0v) is 10.7. The fourth-order valence-electron chi connectivity index (χ4n) is 3.66. The van der Waals surface area contributed by atoms with Crippen molar-refractivity contribution in [3.8, 4) is 0 Å². The normalized spacial score (nSPS) is 32.1. The summed E-state index contributed by atoms with van der Waals surface area (Å²) in [5.41, 5.74) is 1.58. The number of rotatable bonds is 1. The summed E-state index contributed by atoms with van der Waals surface area (Å²) in [6.07, 6.45) is 2.79. The standard InChI is InChI=1S/C15H17NS/c1-2-11(7-15-10(1)3-4-17-15)12-5-13-8-16-9-14(13)6-12/h1-4,7,12-14,16H,5-6,8-9H2. The summed E-state index contributed by atoms with van der Waals surface area (Å²) < 4.78 is 1.46. The van der Waals surface area contributed by atoms with Gasteiger partial charge in [0.15, 0.2) is 0 Å². The molecular formula is C15H17NS. The molecule has 88 valence electrons. The second-order valence-corrected chi connectivity index (χ2v) is 6.51. The maximum Gasteiger partial charge on any atom is 0.0345 e. The van der Waals surface area contributed by atoms with E-state index < -0.39 is 0 Å². The summed E-state index contributed by atoms with van der Waals surface area (Å²) >= 11 is 1.87. The van der Waals surface area contributed by atoms with Gasteiger partial charge >= 0.3 is 0 Å². The van der Waals surface area contributed by atoms with Crippen molar-refractivity contribution in [2.45, 2.75) is 18.8 Å². The summed E-state index contributed by atoms with van der Waals surface area (Å²) in [6.45, 7) is 2.50. The van der Waals surface area contributed by atoms with Crippen LogP contribution in [0.15, 0.2) is 29.6 Å². The second-order valence-electron chi connectivity index (χ2n) is 5.56. The molecule has 1 saturated carbocycles. The van der Waals surface area contributed by atoms with Crippen LogP contribution in [-0.4, -0.2) is 13.1 Å². The maximum absolute atomic E-state index is 3.52. The molecule has 2 unspecified atom stereocenters. The maximum atomic E-state index is 3.52. The summed E-state index contributed by atoms with van der Waals surface area (Å²) in [7, 11) is 0. The average molecular weight is 243 g/mol. The number of hydrogen-bond acceptors (Lipinski definition) is 2. The molecule has 0 bridgehead atoms. The van der Waals surface area contributed by atoms with Gasteiger partial charge in [0.05, 0.1) is 0 Å². The Morgan fingerprint density at radius 3 is 2.71 bits per heavy atom. The van der Waals surface area contributed by atoms with Gasteiger partial charge in [0.1, 0.15) is 0 Å². The molecule has 1 aliphatic heterocycles. The number of benzene rings is 1. The topological polar surface area (TPSA) is 12.0 Å². The quantitative estimate of drug-likeness (QED) is 0.806. The Labute approximate surface area is 106 Å². The molecule has 0 amide bonds. The van der Waals surface area contributed by atoms with E-state index in [1.165, 1.54) is 36.0 Å². The van der Waals surface area contributed by atoms with E-state index in [9.17, 15) is 0 Å². The van der Waals surface area contributed by atoms with Crippen molar-refractivity contribution >= 4 is 21.4 Å². The lowest BCUT2D eigenvalue weighted by molar-refractivity contribution is 0.494. The summed E-state index contributed by atoms with van der Waals surface area (Å²) in [5, 5.41) is 7.12. The molecule has 2 heterocycles. The van der Waals surface area contributed by atoms with Crippen molar-refractivity contribution < 1.29 is 0 Å². The average Bonchev–Trinajstić information content (AvgIpc) is 3.02. The van der Waals surface area contributed by atoms with Crippen LogP contribution in [0.4, 0.5) is 0 Å². The first-order valence-electron chi connectivity index (χ1n) is 6.58. The molecule has 2 fully saturated rings. The molecule has 2 heteroatoms. The molecule has 2 aromatic rings. The molecule has 1 aromatic carbocycles. The van der Waals surface area contributed by atoms with Crippen LogP contribution >= 0.6 is 11.3 Å². The molecule has 17 heavy (non-hydrogen) atoms. The van der Waals surface area contributed by atoms with Crippen molar-refractivity contribution in [3.63, 3.8) is 0 Å². The Hall–Kier alpha value is -0.860. The first-order valence-corrected chi connectivity index (χ1v) is 7.46. The van der Waals surface area contributed by atoms with E-state index in [1.54, 1.807) is 5.56 Å². The molecule has 1 saturated heterocycles. The molecule has 2 aliphatic rings. The van der Waals surface area contributed by atoms with Gasteiger partial charge in [-0.3, -0.25) is 0 Å². The molecule has 1 N–H and O–H groups in total. The highest BCUT2D eigenvalue weighted by Gasteiger charge is 2.37. The molecule has 0 spiro atoms. The van der Waals surface area contributed by atoms with Crippen LogP contribution in [0.2, 0.25) is 0 Å². The number of thiophene rings is 1. The van der Waals surface area contributed by atoms with Crippen molar-refractivity contribution in [2.75, 3.05) is 13.1 Å². The van der Waals surface area contributed by atoms with Gasteiger partial charge in [-0.15, -0.1) is 11.3 Å². The SMILES string of the molecule is c1cc2ccc(C3CC4CNCC4C3)cc2s1. The van der Waals surface area contributed by atoms with E-state index in [4.69, 9.17) is 0 Å². The van der Waals surface area contributed by atoms with Crippen LogP contribution < -0.4 is 5.32 Å². The van der Waals surface area contributed by atoms with E-state index in [1.807, 2.05) is 11.3 Å². The van der Waals surface area contributed by atoms with E-state index >= 15 is 0 Å². The summed E-state index contributed by atoms with van der Waals surface area (Å²) in [5.74, 6) is 2.71. The Morgan fingerprint density at radius 2 is 1.88 bits per heavy atom. The number of fused-ring (bicyclic) bond motifs is 2. The zero-order valence-electron chi connectivity index (χ0n) is 9.86. The van der Waals surface area contributed by atoms with E-state index in [0.29, 0.717) is 0 Å². The Balaban J connectivity index is 1.66. The Kier molecular flexibility index (Phi) is 2.27. The van der Waals surface area contributed by atoms with Crippen molar-refractivity contribution in [1.29, 1.82) is 0 Å². The molecule has 1 aliphatic carbocycles. The summed E-state index contributed by atoms with van der Waals surface area (Å²) in [4.78, 5) is 0. The molecule has 1 aromatic heterocycles. The van der Waals surface area contributed by atoms with Crippen LogP contribution in [0.5, 0.6) is 0 Å². The molecular weight excluding hydrogens is 226 g/mol. The highest BCUT2D eigenvalue weighted by Crippen LogP contribution is 2.44. The van der Waals surface area contributed by atoms with Crippen LogP contribution in [0.3, 0.4) is 0 Å². The van der Waals surface area contributed by atoms with E-state index in [2.05, 4.69) is 35.0 Å². The van der Waals surface area contributed by atoms with Gasteiger partial charge < -0.3 is 5.32 Å². The Bertz CT molecular complexity index is 533. The van der Waals surface area contributed by atoms with Gasteiger partial charge in [0, 0.05) is 4.70 Å². The zero-order chi connectivity index (χ0) is 11.2. The number of nitrogens with one attached hydrogen (secondary N) is 1. The first-order chi connectivity index (χ1) is 8.40. The van der Waals surface area contributed by atoms with E-state index in [-0.39, 0.29) is 0 Å². The summed E-state index contributed by atoms with van der Waals surface area (Å²) in [6, 6.07) is 9.30. The predicted molar refractivity (Wildman–Crippen MR) is 73.6 cm³/mol. The Morgan fingerprint density at radius 1 is 1.06 bits per heavy atom. The molecule has 0 radical (unpaired) electrons. The van der Waals surface area contributed by atoms with Crippen molar-refractivity contribution in [3.05, 3.63) is 35.2 Å². The lowest BCUT2D eigenvalue weighted by Gasteiger charge is -2.11. The van der Waals surface area contributed by atoms with Gasteiger partial charge in [0.2, 0.25) is 0 Å². The third kappa shape index (κ3) is 1.62. The highest BCUT2D eigenvalue weighted by molar-refractivity contribution is 7.17. The fraction of sp³-hybridized carbons (Fsp3) is 0.467. The predicted octanol–water partition coefficient (Wildman–Crippen LogP) is 3.61. The number of hydrogen-bond donors (Lipinski definition) is 1. The van der Waals surface area contributed by atoms with Gasteiger partial charge in [-0.25, -0.2) is 0 Å². The van der Waals surface area contributed by atoms with Gasteiger partial charge in [-0.05, 0) is 72.1 Å². The van der Waals surface area contributed by atoms with Crippen LogP contribution in [0, 0.1) is 11.8 Å². The highest BCUT2D eigenvalue weighted by atomic mass is 32.1. The lowest BCUT2D eigenvalue weighted by Crippen LogP contribution is -2.11. The van der Waals surface area contributed by atoms with Crippen LogP contribution in [0.25, 0.3) is 10.1 Å². The minimum absolute atomic E-state index is 0.818. The molecule has 4 rings (SSSR count). The van der Waals surface area contributed by atoms with Crippen molar-refractivity contribution in [1.82, 2.24) is 5.32 Å². The largest absolute Gasteiger partial charge is 0.316 e. The first kappa shape index (κ1) is 10.1. The van der Waals surface area contributed by atoms with Gasteiger partial charge in [-0.1, -0.05) is 12.1 Å². The minimum Gasteiger partial charge on any atom is -0.316 e. The third-order valence-electron chi connectivity index (χ3n) is 4.61. The minimum atomic E-state index is 0.818. The van der Waals surface area contributed by atoms with Gasteiger partial charge in [0.25, 0.3) is 0 Å². The molecule has 2 atom stereocenters. The van der Waals surface area contributed by atoms with Crippen molar-refractivity contribution in [2.24, 2.45) is 11.8 Å². The van der Waals surface area contributed by atoms with Gasteiger partial charge in [-0.2, -0.15) is 0 Å². The third-order valence-corrected chi connectivity index (χ3v) is 5.49. The van der Waals surface area contributed by atoms with E-state index in [0.717, 1.165) is 17.8 Å². The van der Waals surface area contributed by atoms with Crippen LogP contribution in [0.1, 0.15) is 24.3 Å². The smallest absolute Gasteiger partial charge is 0.0345 e. The molecule has 1 nitrogen and oxygen atoms in total. The lowest BCUT2D eigenvalue weighted by atomic mass is 9.95. The second kappa shape index (κ2) is 3.82. The monoisotopic (exact) mass is 243 g/mol.